The van der Waals surface area contributed by atoms with Gasteiger partial charge in [0.25, 0.3) is 0 Å². The molecule has 3 aromatic heterocycles. The maximum atomic E-state index is 14.1. The van der Waals surface area contributed by atoms with Crippen molar-refractivity contribution >= 4 is 28.2 Å². The summed E-state index contributed by atoms with van der Waals surface area (Å²) in [5, 5.41) is 7.08. The summed E-state index contributed by atoms with van der Waals surface area (Å²) in [4.78, 5) is 7.94. The highest BCUT2D eigenvalue weighted by molar-refractivity contribution is 14.1. The number of nitrogens with zero attached hydrogens (tertiary/aromatic N) is 5. The number of hydrogen-bond acceptors (Lipinski definition) is 6. The molecule has 0 saturated carbocycles. The summed E-state index contributed by atoms with van der Waals surface area (Å²) in [7, 11) is 0. The fraction of sp³-hybridized carbons (Fsp3) is 0.375. The highest BCUT2D eigenvalue weighted by Crippen LogP contribution is 2.34. The van der Waals surface area contributed by atoms with Gasteiger partial charge in [-0.15, -0.1) is 10.2 Å². The van der Waals surface area contributed by atoms with Gasteiger partial charge < -0.3 is 9.47 Å². The van der Waals surface area contributed by atoms with Gasteiger partial charge in [-0.3, -0.25) is 9.38 Å². The Hall–Kier alpha value is -2.16. The highest BCUT2D eigenvalue weighted by atomic mass is 127. The van der Waals surface area contributed by atoms with E-state index in [0.717, 1.165) is 18.2 Å². The molecule has 0 aliphatic carbocycles. The standard InChI is InChI=1S/C16H13F5IN5O2/c1-14(2,16(19,20)21)29-12-4-3-9(5-24-12)10-7-27-11(6-23-10)25-26-13(27)15(17,18)28-8-22/h3-7H,8H2,1-2H3. The average molecular weight is 529 g/mol. The molecule has 0 radical (unpaired) electrons. The number of ether oxygens (including phenoxy) is 2. The van der Waals surface area contributed by atoms with Crippen LogP contribution in [0.15, 0.2) is 30.7 Å². The molecule has 3 rings (SSSR count). The van der Waals surface area contributed by atoms with Crippen LogP contribution in [0.3, 0.4) is 0 Å². The minimum absolute atomic E-state index is 0.0697. The Morgan fingerprint density at radius 2 is 1.76 bits per heavy atom. The van der Waals surface area contributed by atoms with Crippen LogP contribution in [0.25, 0.3) is 16.9 Å². The van der Waals surface area contributed by atoms with Gasteiger partial charge in [-0.1, -0.05) is 22.6 Å². The fourth-order valence-electron chi connectivity index (χ4n) is 2.19. The number of rotatable bonds is 6. The quantitative estimate of drug-likeness (QED) is 0.269. The van der Waals surface area contributed by atoms with Crippen LogP contribution in [-0.4, -0.2) is 41.0 Å². The lowest BCUT2D eigenvalue weighted by atomic mass is 10.1. The molecule has 3 heterocycles. The van der Waals surface area contributed by atoms with Crippen molar-refractivity contribution in [2.24, 2.45) is 0 Å². The van der Waals surface area contributed by atoms with E-state index < -0.39 is 23.7 Å². The first kappa shape index (κ1) is 21.5. The van der Waals surface area contributed by atoms with Crippen LogP contribution in [-0.2, 0) is 10.8 Å². The average Bonchev–Trinajstić information content (AvgIpc) is 3.05. The molecule has 3 aromatic rings. The van der Waals surface area contributed by atoms with Crippen LogP contribution in [0.5, 0.6) is 5.88 Å². The Kier molecular flexibility index (Phi) is 5.64. The lowest BCUT2D eigenvalue weighted by molar-refractivity contribution is -0.240. The summed E-state index contributed by atoms with van der Waals surface area (Å²) in [6.07, 6.45) is -4.55. The summed E-state index contributed by atoms with van der Waals surface area (Å²) in [5.74, 6) is -0.975. The second-order valence-corrected chi connectivity index (χ2v) is 6.91. The Morgan fingerprint density at radius 1 is 1.03 bits per heavy atom. The molecule has 156 valence electrons. The van der Waals surface area contributed by atoms with Gasteiger partial charge in [0.1, 0.15) is 4.61 Å². The van der Waals surface area contributed by atoms with E-state index in [9.17, 15) is 22.0 Å². The van der Waals surface area contributed by atoms with Crippen LogP contribution in [0.1, 0.15) is 19.7 Å². The zero-order chi connectivity index (χ0) is 21.4. The minimum Gasteiger partial charge on any atom is -0.462 e. The van der Waals surface area contributed by atoms with E-state index in [1.54, 1.807) is 22.6 Å². The second kappa shape index (κ2) is 7.59. The molecular weight excluding hydrogens is 516 g/mol. The number of hydrogen-bond donors (Lipinski definition) is 0. The lowest BCUT2D eigenvalue weighted by Crippen LogP contribution is -2.44. The van der Waals surface area contributed by atoms with E-state index in [1.807, 2.05) is 0 Å². The van der Waals surface area contributed by atoms with E-state index in [2.05, 4.69) is 24.9 Å². The van der Waals surface area contributed by atoms with Crippen molar-refractivity contribution in [1.82, 2.24) is 24.6 Å². The van der Waals surface area contributed by atoms with E-state index in [-0.39, 0.29) is 21.8 Å². The van der Waals surface area contributed by atoms with Gasteiger partial charge in [-0.2, -0.15) is 22.0 Å². The van der Waals surface area contributed by atoms with Gasteiger partial charge in [0.2, 0.25) is 11.7 Å². The van der Waals surface area contributed by atoms with Crippen molar-refractivity contribution in [2.45, 2.75) is 31.7 Å². The summed E-state index contributed by atoms with van der Waals surface area (Å²) in [6.45, 7) is 1.76. The molecule has 13 heteroatoms. The van der Waals surface area contributed by atoms with Crippen molar-refractivity contribution in [3.05, 3.63) is 36.5 Å². The summed E-state index contributed by atoms with van der Waals surface area (Å²) >= 11 is 1.63. The van der Waals surface area contributed by atoms with Gasteiger partial charge >= 0.3 is 12.3 Å². The third-order valence-electron chi connectivity index (χ3n) is 3.86. The van der Waals surface area contributed by atoms with Crippen LogP contribution in [0.2, 0.25) is 0 Å². The third-order valence-corrected chi connectivity index (χ3v) is 4.17. The molecule has 0 atom stereocenters. The maximum Gasteiger partial charge on any atom is 0.427 e. The summed E-state index contributed by atoms with van der Waals surface area (Å²) < 4.78 is 77.0. The molecule has 0 bridgehead atoms. The number of pyridine rings is 1. The predicted octanol–water partition coefficient (Wildman–Crippen LogP) is 4.36. The van der Waals surface area contributed by atoms with E-state index in [4.69, 9.17) is 4.74 Å². The van der Waals surface area contributed by atoms with Crippen LogP contribution < -0.4 is 4.74 Å². The normalized spacial score (nSPS) is 13.1. The molecule has 0 spiro atoms. The van der Waals surface area contributed by atoms with E-state index >= 15 is 0 Å². The highest BCUT2D eigenvalue weighted by Gasteiger charge is 2.50. The van der Waals surface area contributed by atoms with Gasteiger partial charge in [-0.25, -0.2) is 4.98 Å². The van der Waals surface area contributed by atoms with E-state index in [1.165, 1.54) is 30.7 Å². The predicted molar refractivity (Wildman–Crippen MR) is 98.6 cm³/mol. The molecule has 0 N–H and O–H groups in total. The first-order valence-electron chi connectivity index (χ1n) is 7.96. The fourth-order valence-corrected chi connectivity index (χ4v) is 2.58. The Bertz CT molecular complexity index is 1010. The van der Waals surface area contributed by atoms with Gasteiger partial charge in [0.15, 0.2) is 11.2 Å². The second-order valence-electron chi connectivity index (χ2n) is 6.29. The molecule has 0 aliphatic heterocycles. The number of aromatic nitrogens is 5. The van der Waals surface area contributed by atoms with Gasteiger partial charge in [0.05, 0.1) is 11.9 Å². The summed E-state index contributed by atoms with van der Waals surface area (Å²) in [6, 6.07) is 2.64. The molecule has 0 saturated heterocycles. The van der Waals surface area contributed by atoms with Gasteiger partial charge in [0, 0.05) is 24.0 Å². The molecule has 0 aliphatic rings. The topological polar surface area (TPSA) is 74.4 Å². The van der Waals surface area contributed by atoms with Crippen LogP contribution in [0.4, 0.5) is 22.0 Å². The zero-order valence-corrected chi connectivity index (χ0v) is 17.1. The van der Waals surface area contributed by atoms with Gasteiger partial charge in [-0.05, 0) is 19.9 Å². The molecule has 0 amide bonds. The molecule has 0 unspecified atom stereocenters. The number of halogens is 6. The minimum atomic E-state index is -4.59. The smallest absolute Gasteiger partial charge is 0.427 e. The zero-order valence-electron chi connectivity index (χ0n) is 14.9. The van der Waals surface area contributed by atoms with Crippen molar-refractivity contribution < 1.29 is 31.4 Å². The van der Waals surface area contributed by atoms with Crippen molar-refractivity contribution in [3.63, 3.8) is 0 Å². The van der Waals surface area contributed by atoms with Crippen molar-refractivity contribution in [3.8, 4) is 17.1 Å². The Labute approximate surface area is 174 Å². The van der Waals surface area contributed by atoms with Crippen molar-refractivity contribution in [1.29, 1.82) is 0 Å². The Balaban J connectivity index is 1.91. The first-order chi connectivity index (χ1) is 13.4. The monoisotopic (exact) mass is 529 g/mol. The van der Waals surface area contributed by atoms with Crippen LogP contribution >= 0.6 is 22.6 Å². The van der Waals surface area contributed by atoms with Crippen molar-refractivity contribution in [2.75, 3.05) is 4.61 Å². The molecule has 0 fully saturated rings. The Morgan fingerprint density at radius 3 is 2.34 bits per heavy atom. The van der Waals surface area contributed by atoms with E-state index in [0.29, 0.717) is 5.56 Å². The molecule has 0 aromatic carbocycles. The summed E-state index contributed by atoms with van der Waals surface area (Å²) in [5.41, 5.74) is -1.78. The maximum absolute atomic E-state index is 14.1. The molecular formula is C16H13F5IN5O2. The number of fused-ring (bicyclic) bond motifs is 1. The largest absolute Gasteiger partial charge is 0.462 e. The number of alkyl halides is 6. The molecule has 7 nitrogen and oxygen atoms in total. The lowest BCUT2D eigenvalue weighted by Gasteiger charge is -2.28. The SMILES string of the molecule is CC(C)(Oc1ccc(-c2cn3c(C(F)(F)OCI)nnc3cn2)cn1)C(F)(F)F. The first-order valence-corrected chi connectivity index (χ1v) is 9.48. The van der Waals surface area contributed by atoms with Crippen LogP contribution in [0, 0.1) is 0 Å². The molecule has 29 heavy (non-hydrogen) atoms. The third kappa shape index (κ3) is 4.39.